The SMILES string of the molecule is CCCCOCCN(C)C(CC)CCC. The van der Waals surface area contributed by atoms with Gasteiger partial charge in [0, 0.05) is 19.2 Å². The summed E-state index contributed by atoms with van der Waals surface area (Å²) in [6, 6.07) is 0.741. The summed E-state index contributed by atoms with van der Waals surface area (Å²) < 4.78 is 5.58. The summed E-state index contributed by atoms with van der Waals surface area (Å²) in [4.78, 5) is 2.44. The molecule has 0 aromatic carbocycles. The second kappa shape index (κ2) is 10.4. The summed E-state index contributed by atoms with van der Waals surface area (Å²) in [7, 11) is 2.22. The molecule has 1 unspecified atom stereocenters. The van der Waals surface area contributed by atoms with Crippen molar-refractivity contribution in [2.75, 3.05) is 26.8 Å². The fourth-order valence-corrected chi connectivity index (χ4v) is 1.81. The molecule has 0 heterocycles. The lowest BCUT2D eigenvalue weighted by Gasteiger charge is -2.26. The molecule has 0 radical (unpaired) electrons. The number of hydrogen-bond acceptors (Lipinski definition) is 2. The first-order chi connectivity index (χ1) is 7.26. The topological polar surface area (TPSA) is 12.5 Å². The summed E-state index contributed by atoms with van der Waals surface area (Å²) in [5.74, 6) is 0. The Morgan fingerprint density at radius 1 is 1.07 bits per heavy atom. The number of likely N-dealkylation sites (N-methyl/N-ethyl adjacent to an activating group) is 1. The van der Waals surface area contributed by atoms with Crippen molar-refractivity contribution >= 4 is 0 Å². The molecule has 0 aliphatic carbocycles. The molecule has 0 saturated carbocycles. The third-order valence-electron chi connectivity index (χ3n) is 2.95. The van der Waals surface area contributed by atoms with Gasteiger partial charge in [0.2, 0.25) is 0 Å². The zero-order valence-corrected chi connectivity index (χ0v) is 11.1. The maximum Gasteiger partial charge on any atom is 0.0593 e. The Labute approximate surface area is 96.0 Å². The first kappa shape index (κ1) is 14.9. The molecule has 0 aliphatic rings. The van der Waals surface area contributed by atoms with Crippen molar-refractivity contribution in [3.05, 3.63) is 0 Å². The van der Waals surface area contributed by atoms with Gasteiger partial charge in [0.05, 0.1) is 6.61 Å². The summed E-state index contributed by atoms with van der Waals surface area (Å²) in [5.41, 5.74) is 0. The molecule has 2 heteroatoms. The van der Waals surface area contributed by atoms with E-state index in [0.717, 1.165) is 25.8 Å². The standard InChI is InChI=1S/C13H29NO/c1-5-8-11-15-12-10-14(4)13(7-3)9-6-2/h13H,5-12H2,1-4H3. The van der Waals surface area contributed by atoms with Crippen molar-refractivity contribution in [2.24, 2.45) is 0 Å². The molecule has 0 fully saturated rings. The van der Waals surface area contributed by atoms with E-state index in [4.69, 9.17) is 4.74 Å². The van der Waals surface area contributed by atoms with Gasteiger partial charge in [-0.2, -0.15) is 0 Å². The van der Waals surface area contributed by atoms with E-state index < -0.39 is 0 Å². The van der Waals surface area contributed by atoms with Crippen LogP contribution in [0.3, 0.4) is 0 Å². The molecule has 0 spiro atoms. The Morgan fingerprint density at radius 3 is 2.33 bits per heavy atom. The van der Waals surface area contributed by atoms with E-state index in [-0.39, 0.29) is 0 Å². The highest BCUT2D eigenvalue weighted by atomic mass is 16.5. The summed E-state index contributed by atoms with van der Waals surface area (Å²) >= 11 is 0. The van der Waals surface area contributed by atoms with Gasteiger partial charge in [0.1, 0.15) is 0 Å². The van der Waals surface area contributed by atoms with Gasteiger partial charge >= 0.3 is 0 Å². The second-order valence-corrected chi connectivity index (χ2v) is 4.30. The van der Waals surface area contributed by atoms with Gasteiger partial charge in [-0.05, 0) is 26.3 Å². The molecule has 15 heavy (non-hydrogen) atoms. The molecule has 92 valence electrons. The second-order valence-electron chi connectivity index (χ2n) is 4.30. The lowest BCUT2D eigenvalue weighted by Crippen LogP contribution is -2.33. The highest BCUT2D eigenvalue weighted by molar-refractivity contribution is 4.65. The molecule has 2 nitrogen and oxygen atoms in total. The molecular formula is C13H29NO. The van der Waals surface area contributed by atoms with Crippen LogP contribution in [0.25, 0.3) is 0 Å². The van der Waals surface area contributed by atoms with E-state index >= 15 is 0 Å². The third-order valence-corrected chi connectivity index (χ3v) is 2.95. The number of ether oxygens (including phenoxy) is 1. The van der Waals surface area contributed by atoms with Crippen LogP contribution in [0.4, 0.5) is 0 Å². The predicted octanol–water partition coefficient (Wildman–Crippen LogP) is 3.31. The monoisotopic (exact) mass is 215 g/mol. The van der Waals surface area contributed by atoms with Gasteiger partial charge in [-0.1, -0.05) is 33.6 Å². The largest absolute Gasteiger partial charge is 0.380 e. The molecule has 0 aromatic heterocycles. The highest BCUT2D eigenvalue weighted by Crippen LogP contribution is 2.08. The van der Waals surface area contributed by atoms with E-state index in [1.165, 1.54) is 32.1 Å². The zero-order valence-electron chi connectivity index (χ0n) is 11.1. The van der Waals surface area contributed by atoms with Crippen LogP contribution in [0.2, 0.25) is 0 Å². The molecule has 0 amide bonds. The average molecular weight is 215 g/mol. The van der Waals surface area contributed by atoms with E-state index in [0.29, 0.717) is 0 Å². The number of rotatable bonds is 10. The van der Waals surface area contributed by atoms with Gasteiger partial charge in [0.15, 0.2) is 0 Å². The minimum absolute atomic E-state index is 0.741. The summed E-state index contributed by atoms with van der Waals surface area (Å²) in [6.07, 6.45) is 6.25. The van der Waals surface area contributed by atoms with Crippen LogP contribution < -0.4 is 0 Å². The summed E-state index contributed by atoms with van der Waals surface area (Å²) in [6.45, 7) is 9.61. The first-order valence-corrected chi connectivity index (χ1v) is 6.54. The maximum atomic E-state index is 5.58. The number of nitrogens with zero attached hydrogens (tertiary/aromatic N) is 1. The van der Waals surface area contributed by atoms with Crippen molar-refractivity contribution in [3.8, 4) is 0 Å². The predicted molar refractivity (Wildman–Crippen MR) is 67.3 cm³/mol. The Balaban J connectivity index is 3.48. The Kier molecular flexibility index (Phi) is 10.4. The number of hydrogen-bond donors (Lipinski definition) is 0. The normalized spacial score (nSPS) is 13.4. The van der Waals surface area contributed by atoms with Crippen LogP contribution in [0.15, 0.2) is 0 Å². The highest BCUT2D eigenvalue weighted by Gasteiger charge is 2.10. The van der Waals surface area contributed by atoms with Crippen molar-refractivity contribution in [2.45, 2.75) is 58.9 Å². The van der Waals surface area contributed by atoms with Crippen LogP contribution in [-0.2, 0) is 4.74 Å². The smallest absolute Gasteiger partial charge is 0.0593 e. The quantitative estimate of drug-likeness (QED) is 0.518. The molecule has 0 bridgehead atoms. The van der Waals surface area contributed by atoms with E-state index in [1.807, 2.05) is 0 Å². The lowest BCUT2D eigenvalue weighted by atomic mass is 10.1. The molecule has 0 rings (SSSR count). The van der Waals surface area contributed by atoms with E-state index in [1.54, 1.807) is 0 Å². The molecule has 1 atom stereocenters. The van der Waals surface area contributed by atoms with Crippen LogP contribution >= 0.6 is 0 Å². The number of unbranched alkanes of at least 4 members (excludes halogenated alkanes) is 1. The van der Waals surface area contributed by atoms with Gasteiger partial charge in [-0.15, -0.1) is 0 Å². The van der Waals surface area contributed by atoms with Gasteiger partial charge in [0.25, 0.3) is 0 Å². The van der Waals surface area contributed by atoms with Crippen LogP contribution in [0.1, 0.15) is 52.9 Å². The van der Waals surface area contributed by atoms with Crippen molar-refractivity contribution < 1.29 is 4.74 Å². The minimum atomic E-state index is 0.741. The fourth-order valence-electron chi connectivity index (χ4n) is 1.81. The van der Waals surface area contributed by atoms with Crippen LogP contribution in [-0.4, -0.2) is 37.7 Å². The molecule has 0 aliphatic heterocycles. The van der Waals surface area contributed by atoms with Gasteiger partial charge < -0.3 is 9.64 Å². The molecule has 0 N–H and O–H groups in total. The molecule has 0 aromatic rings. The maximum absolute atomic E-state index is 5.58. The Bertz CT molecular complexity index is 128. The average Bonchev–Trinajstić information content (AvgIpc) is 2.25. The van der Waals surface area contributed by atoms with Crippen molar-refractivity contribution in [3.63, 3.8) is 0 Å². The van der Waals surface area contributed by atoms with Gasteiger partial charge in [-0.25, -0.2) is 0 Å². The van der Waals surface area contributed by atoms with E-state index in [9.17, 15) is 0 Å². The summed E-state index contributed by atoms with van der Waals surface area (Å²) in [5, 5.41) is 0. The lowest BCUT2D eigenvalue weighted by molar-refractivity contribution is 0.0935. The molecule has 0 saturated heterocycles. The minimum Gasteiger partial charge on any atom is -0.380 e. The Morgan fingerprint density at radius 2 is 1.80 bits per heavy atom. The van der Waals surface area contributed by atoms with E-state index in [2.05, 4.69) is 32.7 Å². The van der Waals surface area contributed by atoms with Crippen molar-refractivity contribution in [1.82, 2.24) is 4.90 Å². The molecular weight excluding hydrogens is 186 g/mol. The zero-order chi connectivity index (χ0) is 11.5. The fraction of sp³-hybridized carbons (Fsp3) is 1.00. The first-order valence-electron chi connectivity index (χ1n) is 6.54. The Hall–Kier alpha value is -0.0800. The third kappa shape index (κ3) is 7.80. The van der Waals surface area contributed by atoms with Gasteiger partial charge in [-0.3, -0.25) is 0 Å². The van der Waals surface area contributed by atoms with Crippen LogP contribution in [0.5, 0.6) is 0 Å². The van der Waals surface area contributed by atoms with Crippen molar-refractivity contribution in [1.29, 1.82) is 0 Å². The van der Waals surface area contributed by atoms with Crippen LogP contribution in [0, 0.1) is 0 Å².